The Hall–Kier alpha value is -3.40. The quantitative estimate of drug-likeness (QED) is 0.530. The molecule has 2 aromatic rings. The van der Waals surface area contributed by atoms with Gasteiger partial charge in [-0.1, -0.05) is 35.4 Å². The number of benzene rings is 2. The number of carbonyl (C=O) groups is 4. The monoisotopic (exact) mass is 404 g/mol. The number of aliphatic hydroxyl groups excluding tert-OH is 2. The lowest BCUT2D eigenvalue weighted by Crippen LogP contribution is -2.43. The third-order valence-corrected chi connectivity index (χ3v) is 3.74. The van der Waals surface area contributed by atoms with Crippen molar-refractivity contribution >= 4 is 23.9 Å². The molecule has 9 heteroatoms. The van der Waals surface area contributed by atoms with E-state index >= 15 is 0 Å². The topological polar surface area (TPSA) is 159 Å². The van der Waals surface area contributed by atoms with Crippen molar-refractivity contribution in [3.8, 4) is 0 Å². The zero-order valence-corrected chi connectivity index (χ0v) is 15.6. The first-order valence-corrected chi connectivity index (χ1v) is 8.20. The summed E-state index contributed by atoms with van der Waals surface area (Å²) in [7, 11) is 0. The van der Waals surface area contributed by atoms with E-state index in [1.54, 1.807) is 38.1 Å². The summed E-state index contributed by atoms with van der Waals surface area (Å²) in [5, 5.41) is 19.5. The second-order valence-corrected chi connectivity index (χ2v) is 6.04. The highest BCUT2D eigenvalue weighted by molar-refractivity contribution is 6.01. The van der Waals surface area contributed by atoms with Crippen LogP contribution >= 0.6 is 0 Å². The zero-order valence-electron chi connectivity index (χ0n) is 15.6. The minimum Gasteiger partial charge on any atom is -0.412 e. The van der Waals surface area contributed by atoms with Gasteiger partial charge in [-0.15, -0.1) is 0 Å². The summed E-state index contributed by atoms with van der Waals surface area (Å²) in [6.07, 6.45) is -4.82. The zero-order chi connectivity index (χ0) is 20.8. The van der Waals surface area contributed by atoms with Gasteiger partial charge in [0.1, 0.15) is 0 Å². The van der Waals surface area contributed by atoms with E-state index in [1.807, 2.05) is 0 Å². The first-order chi connectivity index (χ1) is 13.2. The number of hydrogen-bond donors (Lipinski definition) is 2. The van der Waals surface area contributed by atoms with E-state index in [0.717, 1.165) is 11.1 Å². The van der Waals surface area contributed by atoms with E-state index in [2.05, 4.69) is 9.47 Å². The first kappa shape index (κ1) is 23.6. The lowest BCUT2D eigenvalue weighted by atomic mass is 10.1. The van der Waals surface area contributed by atoms with Crippen LogP contribution in [0.4, 0.5) is 0 Å². The molecule has 2 atom stereocenters. The van der Waals surface area contributed by atoms with Crippen molar-refractivity contribution < 1.29 is 44.3 Å². The van der Waals surface area contributed by atoms with Crippen molar-refractivity contribution in [2.24, 2.45) is 0 Å². The molecule has 0 aromatic heterocycles. The summed E-state index contributed by atoms with van der Waals surface area (Å²) in [6.45, 7) is 3.59. The highest BCUT2D eigenvalue weighted by atomic mass is 16.6. The summed E-state index contributed by atoms with van der Waals surface area (Å²) in [5.74, 6) is -5.25. The van der Waals surface area contributed by atoms with Gasteiger partial charge in [-0.05, 0) is 38.1 Å². The molecule has 0 fully saturated rings. The van der Waals surface area contributed by atoms with Crippen LogP contribution in [0.1, 0.15) is 31.8 Å². The number of carbonyl (C=O) groups excluding carboxylic acids is 4. The Labute approximate surface area is 165 Å². The maximum absolute atomic E-state index is 11.8. The van der Waals surface area contributed by atoms with Crippen LogP contribution in [0, 0.1) is 13.8 Å². The van der Waals surface area contributed by atoms with Gasteiger partial charge in [-0.25, -0.2) is 19.2 Å². The maximum atomic E-state index is 11.8. The molecule has 0 saturated heterocycles. The molecule has 9 nitrogen and oxygen atoms in total. The van der Waals surface area contributed by atoms with E-state index < -0.39 is 36.1 Å². The van der Waals surface area contributed by atoms with Gasteiger partial charge < -0.3 is 25.2 Å². The molecule has 0 radical (unpaired) electrons. The Balaban J connectivity index is 0.00000420. The SMILES string of the molecule is Cc1ccc(C(=O)OC(=O)[C@@H](O)[C@H](O)C(=O)OC(=O)c2ccc(C)cc2)cc1.O. The number of esters is 4. The average Bonchev–Trinajstić information content (AvgIpc) is 2.67. The minimum atomic E-state index is -2.41. The second-order valence-electron chi connectivity index (χ2n) is 6.04. The predicted octanol–water partition coefficient (Wildman–Crippen LogP) is 0.268. The van der Waals surface area contributed by atoms with E-state index in [4.69, 9.17) is 0 Å². The molecular weight excluding hydrogens is 384 g/mol. The van der Waals surface area contributed by atoms with Crippen molar-refractivity contribution in [1.82, 2.24) is 0 Å². The Kier molecular flexibility index (Phi) is 8.34. The van der Waals surface area contributed by atoms with Crippen LogP contribution in [0.25, 0.3) is 0 Å². The van der Waals surface area contributed by atoms with E-state index in [1.165, 1.54) is 24.3 Å². The van der Waals surface area contributed by atoms with Crippen LogP contribution in [0.3, 0.4) is 0 Å². The Morgan fingerprint density at radius 2 is 0.931 bits per heavy atom. The normalized spacial score (nSPS) is 12.1. The molecule has 0 saturated carbocycles. The van der Waals surface area contributed by atoms with Crippen LogP contribution < -0.4 is 0 Å². The largest absolute Gasteiger partial charge is 0.412 e. The number of aliphatic hydroxyl groups is 2. The molecule has 0 aliphatic rings. The molecule has 0 aliphatic heterocycles. The van der Waals surface area contributed by atoms with Gasteiger partial charge in [0.25, 0.3) is 0 Å². The molecule has 2 rings (SSSR count). The van der Waals surface area contributed by atoms with Gasteiger partial charge in [0.05, 0.1) is 11.1 Å². The van der Waals surface area contributed by atoms with Gasteiger partial charge >= 0.3 is 23.9 Å². The molecule has 154 valence electrons. The average molecular weight is 404 g/mol. The molecule has 0 spiro atoms. The molecule has 4 N–H and O–H groups in total. The summed E-state index contributed by atoms with van der Waals surface area (Å²) >= 11 is 0. The van der Waals surface area contributed by atoms with E-state index in [-0.39, 0.29) is 16.6 Å². The Bertz CT molecular complexity index is 810. The summed E-state index contributed by atoms with van der Waals surface area (Å²) in [5.41, 5.74) is 1.83. The first-order valence-electron chi connectivity index (χ1n) is 8.20. The number of hydrogen-bond acceptors (Lipinski definition) is 8. The van der Waals surface area contributed by atoms with Crippen LogP contribution in [-0.4, -0.2) is 51.8 Å². The minimum absolute atomic E-state index is 0. The second kappa shape index (κ2) is 10.2. The van der Waals surface area contributed by atoms with Crippen molar-refractivity contribution in [1.29, 1.82) is 0 Å². The van der Waals surface area contributed by atoms with E-state index in [0.29, 0.717) is 0 Å². The lowest BCUT2D eigenvalue weighted by molar-refractivity contribution is -0.166. The Morgan fingerprint density at radius 3 is 1.21 bits per heavy atom. The van der Waals surface area contributed by atoms with Gasteiger partial charge in [0, 0.05) is 0 Å². The van der Waals surface area contributed by atoms with Gasteiger partial charge in [-0.3, -0.25) is 0 Å². The van der Waals surface area contributed by atoms with Crippen LogP contribution in [-0.2, 0) is 19.1 Å². The van der Waals surface area contributed by atoms with Gasteiger partial charge in [-0.2, -0.15) is 0 Å². The fourth-order valence-electron chi connectivity index (χ4n) is 2.06. The number of aryl methyl sites for hydroxylation is 2. The maximum Gasteiger partial charge on any atom is 0.346 e. The van der Waals surface area contributed by atoms with Crippen molar-refractivity contribution in [3.63, 3.8) is 0 Å². The molecule has 0 unspecified atom stereocenters. The van der Waals surface area contributed by atoms with Gasteiger partial charge in [0.2, 0.25) is 0 Å². The molecule has 0 amide bonds. The number of ether oxygens (including phenoxy) is 2. The van der Waals surface area contributed by atoms with Crippen LogP contribution in [0.2, 0.25) is 0 Å². The molecule has 2 aromatic carbocycles. The summed E-state index contributed by atoms with van der Waals surface area (Å²) < 4.78 is 8.86. The van der Waals surface area contributed by atoms with Crippen LogP contribution in [0.15, 0.2) is 48.5 Å². The van der Waals surface area contributed by atoms with Crippen molar-refractivity contribution in [2.45, 2.75) is 26.1 Å². The number of rotatable bonds is 5. The van der Waals surface area contributed by atoms with Crippen LogP contribution in [0.5, 0.6) is 0 Å². The highest BCUT2D eigenvalue weighted by Crippen LogP contribution is 2.09. The summed E-state index contributed by atoms with van der Waals surface area (Å²) in [4.78, 5) is 47.3. The smallest absolute Gasteiger partial charge is 0.346 e. The molecule has 0 heterocycles. The molecule has 0 aliphatic carbocycles. The molecule has 29 heavy (non-hydrogen) atoms. The standard InChI is InChI=1S/C20H18O8.H2O/c1-11-3-7-13(8-4-11)17(23)27-19(25)15(21)16(22)20(26)28-18(24)14-9-5-12(2)6-10-14;/h3-10,15-16,21-22H,1-2H3;1H2/t15-,16-;/m0./s1. The van der Waals surface area contributed by atoms with Crippen molar-refractivity contribution in [3.05, 3.63) is 70.8 Å². The Morgan fingerprint density at radius 1 is 0.655 bits per heavy atom. The fourth-order valence-corrected chi connectivity index (χ4v) is 2.06. The van der Waals surface area contributed by atoms with Crippen molar-refractivity contribution in [2.75, 3.05) is 0 Å². The lowest BCUT2D eigenvalue weighted by Gasteiger charge is -2.14. The summed E-state index contributed by atoms with van der Waals surface area (Å²) in [6, 6.07) is 12.1. The predicted molar refractivity (Wildman–Crippen MR) is 98.8 cm³/mol. The fraction of sp³-hybridized carbons (Fsp3) is 0.200. The highest BCUT2D eigenvalue weighted by Gasteiger charge is 2.35. The van der Waals surface area contributed by atoms with E-state index in [9.17, 15) is 29.4 Å². The third-order valence-electron chi connectivity index (χ3n) is 3.74. The molecule has 0 bridgehead atoms. The third kappa shape index (κ3) is 6.32. The van der Waals surface area contributed by atoms with Gasteiger partial charge in [0.15, 0.2) is 12.2 Å². The molecular formula is C20H20O9.